The second kappa shape index (κ2) is 17.7. The molecule has 6 N–H and O–H groups in total. The Hall–Kier alpha value is -3.74. The van der Waals surface area contributed by atoms with E-state index in [1.807, 2.05) is 24.3 Å². The van der Waals surface area contributed by atoms with E-state index in [0.29, 0.717) is 37.3 Å². The smallest absolute Gasteiger partial charge is 0.328 e. The topological polar surface area (TPSA) is 194 Å². The maximum Gasteiger partial charge on any atom is 0.328 e. The number of carboxylic acids is 4. The maximum absolute atomic E-state index is 10.2. The Kier molecular flexibility index (Phi) is 15.8. The van der Waals surface area contributed by atoms with Gasteiger partial charge in [0.25, 0.3) is 0 Å². The Morgan fingerprint density at radius 3 is 1.89 bits per heavy atom. The van der Waals surface area contributed by atoms with Crippen molar-refractivity contribution in [3.05, 3.63) is 54.1 Å². The molecule has 0 radical (unpaired) electrons. The molecule has 0 unspecified atom stereocenters. The van der Waals surface area contributed by atoms with E-state index in [9.17, 15) is 24.3 Å². The molecule has 0 fully saturated rings. The van der Waals surface area contributed by atoms with Crippen molar-refractivity contribution in [3.63, 3.8) is 0 Å². The van der Waals surface area contributed by atoms with E-state index < -0.39 is 30.0 Å². The molecule has 1 heterocycles. The third-order valence-corrected chi connectivity index (χ3v) is 4.18. The molecule has 2 rings (SSSR count). The second-order valence-electron chi connectivity index (χ2n) is 7.43. The maximum atomic E-state index is 10.2. The predicted molar refractivity (Wildman–Crippen MR) is 125 cm³/mol. The number of hydrogen-bond acceptors (Lipinski definition) is 8. The Labute approximate surface area is 202 Å². The zero-order valence-corrected chi connectivity index (χ0v) is 19.5. The van der Waals surface area contributed by atoms with Crippen LogP contribution in [0.25, 0.3) is 0 Å². The lowest BCUT2D eigenvalue weighted by atomic mass is 10.0. The lowest BCUT2D eigenvalue weighted by Crippen LogP contribution is -2.36. The number of carboxylic acid groups (broad SMARTS) is 4. The summed E-state index contributed by atoms with van der Waals surface area (Å²) in [5.74, 6) is -4.22. The molecular formula is C23H32N2O10. The monoisotopic (exact) mass is 496 g/mol. The highest BCUT2D eigenvalue weighted by atomic mass is 16.5. The van der Waals surface area contributed by atoms with Gasteiger partial charge in [0, 0.05) is 35.9 Å². The van der Waals surface area contributed by atoms with Crippen molar-refractivity contribution < 1.29 is 49.4 Å². The van der Waals surface area contributed by atoms with Crippen molar-refractivity contribution >= 4 is 23.9 Å². The number of hydrogen-bond donors (Lipinski definition) is 6. The molecule has 0 saturated carbocycles. The Morgan fingerprint density at radius 1 is 0.943 bits per heavy atom. The van der Waals surface area contributed by atoms with Crippen LogP contribution < -0.4 is 10.1 Å². The highest BCUT2D eigenvalue weighted by molar-refractivity contribution is 5.90. The van der Waals surface area contributed by atoms with Gasteiger partial charge in [0.1, 0.15) is 12.4 Å². The average Bonchev–Trinajstić information content (AvgIpc) is 2.93. The van der Waals surface area contributed by atoms with Gasteiger partial charge in [0.15, 0.2) is 0 Å². The zero-order chi connectivity index (χ0) is 26.8. The quantitative estimate of drug-likeness (QED) is 0.209. The van der Waals surface area contributed by atoms with E-state index in [1.165, 1.54) is 0 Å². The Morgan fingerprint density at radius 2 is 1.43 bits per heavy atom. The van der Waals surface area contributed by atoms with E-state index in [4.69, 9.17) is 25.2 Å². The number of fused-ring (bicyclic) bond motifs is 1. The lowest BCUT2D eigenvalue weighted by Gasteiger charge is -2.18. The molecule has 0 bridgehead atoms. The summed E-state index contributed by atoms with van der Waals surface area (Å²) in [4.78, 5) is 40.4. The fourth-order valence-electron chi connectivity index (χ4n) is 2.67. The van der Waals surface area contributed by atoms with Crippen LogP contribution in [0.15, 0.2) is 48.6 Å². The number of nitrogens with one attached hydrogen (secondary N) is 1. The summed E-state index contributed by atoms with van der Waals surface area (Å²) in [5, 5.41) is 44.9. The molecule has 1 aromatic rings. The Balaban J connectivity index is 0.000000601. The minimum Gasteiger partial charge on any atom is -0.492 e. The third kappa shape index (κ3) is 17.4. The number of aliphatic hydroxyl groups is 1. The van der Waals surface area contributed by atoms with Crippen LogP contribution in [0.5, 0.6) is 5.75 Å². The van der Waals surface area contributed by atoms with Crippen LogP contribution in [-0.4, -0.2) is 94.1 Å². The average molecular weight is 497 g/mol. The fourth-order valence-corrected chi connectivity index (χ4v) is 2.67. The van der Waals surface area contributed by atoms with Gasteiger partial charge < -0.3 is 40.5 Å². The summed E-state index contributed by atoms with van der Waals surface area (Å²) in [6.45, 7) is 2.65. The molecule has 1 aliphatic rings. The second-order valence-corrected chi connectivity index (χ2v) is 7.43. The van der Waals surface area contributed by atoms with Gasteiger partial charge in [-0.1, -0.05) is 18.2 Å². The van der Waals surface area contributed by atoms with Crippen molar-refractivity contribution in [1.82, 2.24) is 10.2 Å². The van der Waals surface area contributed by atoms with Crippen molar-refractivity contribution in [3.8, 4) is 5.75 Å². The van der Waals surface area contributed by atoms with Crippen molar-refractivity contribution in [1.29, 1.82) is 0 Å². The van der Waals surface area contributed by atoms with Gasteiger partial charge in [-0.15, -0.1) is 0 Å². The van der Waals surface area contributed by atoms with Crippen LogP contribution in [0.3, 0.4) is 0 Å². The molecule has 12 nitrogen and oxygen atoms in total. The van der Waals surface area contributed by atoms with Crippen LogP contribution in [-0.2, 0) is 19.2 Å². The van der Waals surface area contributed by atoms with Crippen LogP contribution in [0.2, 0.25) is 0 Å². The van der Waals surface area contributed by atoms with Crippen LogP contribution in [0, 0.1) is 0 Å². The standard InChI is InChI=1S/C15H24N2O2.2C4H4O4/c1-17(2)9-5-8-16-12-10-14(18)13-6-3-4-7-15(13)19-11-12;2*5-3(6)1-2-4(7)8/h3-4,6-7,12,14,16,18H,5,8-11H2,1-2H3;2*1-2H,(H,5,6)(H,7,8)/b;2*2-1-/t12-,14-;;/m0../s1. The first-order valence-corrected chi connectivity index (χ1v) is 10.5. The number of carbonyl (C=O) groups is 4. The highest BCUT2D eigenvalue weighted by Gasteiger charge is 2.23. The number of ether oxygens (including phenoxy) is 1. The summed E-state index contributed by atoms with van der Waals surface area (Å²) in [5.41, 5.74) is 0.903. The van der Waals surface area contributed by atoms with Gasteiger partial charge in [-0.25, -0.2) is 19.2 Å². The molecule has 0 aromatic heterocycles. The molecule has 1 aromatic carbocycles. The molecular weight excluding hydrogens is 464 g/mol. The minimum absolute atomic E-state index is 0.213. The van der Waals surface area contributed by atoms with Crippen molar-refractivity contribution in [2.75, 3.05) is 33.8 Å². The number of para-hydroxylation sites is 1. The molecule has 0 amide bonds. The molecule has 12 heteroatoms. The molecule has 2 atom stereocenters. The SMILES string of the molecule is CN(C)CCCN[C@@H]1COc2ccccc2[C@@H](O)C1.O=C(O)/C=C\C(=O)O.O=C(O)/C=C\C(=O)O. The van der Waals surface area contributed by atoms with E-state index in [0.717, 1.165) is 30.8 Å². The number of benzene rings is 1. The molecule has 0 saturated heterocycles. The minimum atomic E-state index is -1.26. The van der Waals surface area contributed by atoms with E-state index in [-0.39, 0.29) is 6.04 Å². The molecule has 0 aliphatic carbocycles. The van der Waals surface area contributed by atoms with Crippen molar-refractivity contribution in [2.45, 2.75) is 25.0 Å². The lowest BCUT2D eigenvalue weighted by molar-refractivity contribution is -0.134. The summed E-state index contributed by atoms with van der Waals surface area (Å²) in [6.07, 6.45) is 3.60. The van der Waals surface area contributed by atoms with E-state index in [2.05, 4.69) is 24.3 Å². The molecule has 0 spiro atoms. The number of aliphatic hydroxyl groups excluding tert-OH is 1. The van der Waals surface area contributed by atoms with Gasteiger partial charge in [-0.3, -0.25) is 0 Å². The van der Waals surface area contributed by atoms with Gasteiger partial charge in [-0.05, 0) is 46.1 Å². The zero-order valence-electron chi connectivity index (χ0n) is 19.5. The summed E-state index contributed by atoms with van der Waals surface area (Å²) in [7, 11) is 4.16. The highest BCUT2D eigenvalue weighted by Crippen LogP contribution is 2.30. The van der Waals surface area contributed by atoms with Crippen molar-refractivity contribution in [2.24, 2.45) is 0 Å². The largest absolute Gasteiger partial charge is 0.492 e. The first-order chi connectivity index (χ1) is 16.4. The van der Waals surface area contributed by atoms with Crippen LogP contribution in [0.4, 0.5) is 0 Å². The number of nitrogens with zero attached hydrogens (tertiary/aromatic N) is 1. The molecule has 1 aliphatic heterocycles. The number of aliphatic carboxylic acids is 4. The van der Waals surface area contributed by atoms with Gasteiger partial charge >= 0.3 is 23.9 Å². The first-order valence-electron chi connectivity index (χ1n) is 10.5. The van der Waals surface area contributed by atoms with E-state index >= 15 is 0 Å². The normalized spacial score (nSPS) is 16.7. The van der Waals surface area contributed by atoms with E-state index in [1.54, 1.807) is 0 Å². The first kappa shape index (κ1) is 31.3. The molecule has 35 heavy (non-hydrogen) atoms. The Bertz CT molecular complexity index is 817. The summed E-state index contributed by atoms with van der Waals surface area (Å²) >= 11 is 0. The summed E-state index contributed by atoms with van der Waals surface area (Å²) < 4.78 is 5.78. The van der Waals surface area contributed by atoms with Crippen LogP contribution >= 0.6 is 0 Å². The van der Waals surface area contributed by atoms with Gasteiger partial charge in [-0.2, -0.15) is 0 Å². The fraction of sp³-hybridized carbons (Fsp3) is 0.391. The molecule has 194 valence electrons. The predicted octanol–water partition coefficient (Wildman–Crippen LogP) is 0.836. The van der Waals surface area contributed by atoms with Gasteiger partial charge in [0.2, 0.25) is 0 Å². The number of rotatable bonds is 9. The van der Waals surface area contributed by atoms with Gasteiger partial charge in [0.05, 0.1) is 6.10 Å². The summed E-state index contributed by atoms with van der Waals surface area (Å²) in [6, 6.07) is 7.96. The third-order valence-electron chi connectivity index (χ3n) is 4.18. The van der Waals surface area contributed by atoms with Crippen LogP contribution in [0.1, 0.15) is 24.5 Å².